The molecular weight excluding hydrogens is 339 g/mol. The van der Waals surface area contributed by atoms with Crippen LogP contribution in [0.4, 0.5) is 10.5 Å². The van der Waals surface area contributed by atoms with Crippen LogP contribution in [0.1, 0.15) is 13.2 Å². The zero-order valence-electron chi connectivity index (χ0n) is 12.6. The second kappa shape index (κ2) is 8.56. The third-order valence-electron chi connectivity index (χ3n) is 3.09. The van der Waals surface area contributed by atoms with Gasteiger partial charge in [-0.15, -0.1) is 0 Å². The van der Waals surface area contributed by atoms with Gasteiger partial charge in [-0.05, 0) is 24.3 Å². The van der Waals surface area contributed by atoms with Crippen molar-refractivity contribution >= 4 is 23.8 Å². The summed E-state index contributed by atoms with van der Waals surface area (Å²) < 4.78 is 5.53. The van der Waals surface area contributed by atoms with E-state index < -0.39 is 16.9 Å². The van der Waals surface area contributed by atoms with Gasteiger partial charge in [0.25, 0.3) is 5.69 Å². The molecule has 0 spiro atoms. The number of nitro groups is 1. The first-order valence-electron chi connectivity index (χ1n) is 6.53. The zero-order chi connectivity index (χ0) is 16.4. The molecule has 3 amide bonds. The topological polar surface area (TPSA) is 118 Å². The molecule has 10 heteroatoms. The van der Waals surface area contributed by atoms with E-state index in [1.54, 1.807) is 24.3 Å². The number of urea groups is 1. The number of rotatable bonds is 4. The quantitative estimate of drug-likeness (QED) is 0.258. The number of carbonyl (C=O) groups excluding carboxylic acids is 2. The van der Waals surface area contributed by atoms with Gasteiger partial charge in [-0.1, -0.05) is 7.43 Å². The van der Waals surface area contributed by atoms with Crippen LogP contribution in [0.5, 0.6) is 0 Å². The smallest absolute Gasteiger partial charge is 0.455 e. The third kappa shape index (κ3) is 4.75. The number of hydrazone groups is 1. The van der Waals surface area contributed by atoms with E-state index in [4.69, 9.17) is 4.42 Å². The molecule has 1 aliphatic heterocycles. The van der Waals surface area contributed by atoms with Gasteiger partial charge in [-0.25, -0.2) is 9.80 Å². The second-order valence-corrected chi connectivity index (χ2v) is 4.66. The van der Waals surface area contributed by atoms with Gasteiger partial charge in [-0.2, -0.15) is 5.10 Å². The molecule has 0 bridgehead atoms. The number of nitrogens with zero attached hydrogens (tertiary/aromatic N) is 3. The average molecular weight is 353 g/mol. The first kappa shape index (κ1) is 20.6. The van der Waals surface area contributed by atoms with Crippen molar-refractivity contribution in [2.45, 2.75) is 7.43 Å². The first-order chi connectivity index (χ1) is 11.0. The Morgan fingerprint density at radius 2 is 1.88 bits per heavy atom. The molecule has 1 aliphatic rings. The van der Waals surface area contributed by atoms with E-state index in [0.717, 1.165) is 5.01 Å². The zero-order valence-corrected chi connectivity index (χ0v) is 14.6. The predicted octanol–water partition coefficient (Wildman–Crippen LogP) is -0.619. The number of hydrogen-bond donors (Lipinski definition) is 1. The van der Waals surface area contributed by atoms with E-state index in [9.17, 15) is 19.7 Å². The van der Waals surface area contributed by atoms with Gasteiger partial charge in [0, 0.05) is 17.7 Å². The second-order valence-electron chi connectivity index (χ2n) is 4.66. The molecule has 124 valence electrons. The summed E-state index contributed by atoms with van der Waals surface area (Å²) in [6.07, 6.45) is 1.31. The fraction of sp³-hybridized carbons (Fsp3) is 0.133. The minimum absolute atomic E-state index is 0. The molecule has 1 aromatic carbocycles. The molecule has 1 fully saturated rings. The summed E-state index contributed by atoms with van der Waals surface area (Å²) in [5.41, 5.74) is 0.663. The molecule has 1 aromatic heterocycles. The maximum atomic E-state index is 11.3. The van der Waals surface area contributed by atoms with Crippen LogP contribution in [0.2, 0.25) is 0 Å². The first-order valence-corrected chi connectivity index (χ1v) is 6.53. The number of carbonyl (C=O) groups is 2. The van der Waals surface area contributed by atoms with Crippen molar-refractivity contribution in [3.05, 3.63) is 52.3 Å². The minimum atomic E-state index is -0.589. The van der Waals surface area contributed by atoms with Crippen LogP contribution in [0.3, 0.4) is 0 Å². The standard InChI is InChI=1S/C14H10N4O5.CH4.Na/c19-13-8-17(14(20)16-13)15-7-11-5-6-12(23-11)9-1-3-10(4-2-9)18(21)22;;/h1-7H,8H2,(H,16,19,20);1H4;/q;;+1/b15-7+;;. The summed E-state index contributed by atoms with van der Waals surface area (Å²) in [5.74, 6) is 0.465. The molecular formula is C15H14N4NaO5+. The van der Waals surface area contributed by atoms with Crippen molar-refractivity contribution in [2.24, 2.45) is 5.10 Å². The van der Waals surface area contributed by atoms with E-state index >= 15 is 0 Å². The fourth-order valence-electron chi connectivity index (χ4n) is 1.98. The largest absolute Gasteiger partial charge is 1.00 e. The summed E-state index contributed by atoms with van der Waals surface area (Å²) in [7, 11) is 0. The van der Waals surface area contributed by atoms with E-state index in [1.165, 1.54) is 18.3 Å². The van der Waals surface area contributed by atoms with E-state index in [-0.39, 0.29) is 49.2 Å². The Morgan fingerprint density at radius 1 is 1.20 bits per heavy atom. The molecule has 0 unspecified atom stereocenters. The summed E-state index contributed by atoms with van der Waals surface area (Å²) in [5, 5.41) is 17.6. The number of benzene rings is 1. The van der Waals surface area contributed by atoms with Crippen LogP contribution in [0.15, 0.2) is 45.9 Å². The Morgan fingerprint density at radius 3 is 2.44 bits per heavy atom. The van der Waals surface area contributed by atoms with E-state index in [1.807, 2.05) is 0 Å². The number of nitro benzene ring substituents is 1. The van der Waals surface area contributed by atoms with E-state index in [2.05, 4.69) is 10.4 Å². The monoisotopic (exact) mass is 353 g/mol. The number of nitrogens with one attached hydrogen (secondary N) is 1. The summed E-state index contributed by atoms with van der Waals surface area (Å²) in [6.45, 7) is -0.134. The SMILES string of the molecule is C.O=C1CN(/N=C/c2ccc(-c3ccc([N+](=O)[O-])cc3)o2)C(=O)N1.[Na+]. The molecule has 0 atom stereocenters. The maximum absolute atomic E-state index is 11.3. The summed E-state index contributed by atoms with van der Waals surface area (Å²) in [6, 6.07) is 8.63. The Hall–Kier alpha value is -2.49. The number of non-ortho nitro benzene ring substituents is 1. The molecule has 25 heavy (non-hydrogen) atoms. The maximum Gasteiger partial charge on any atom is 1.00 e. The Labute approximate surface area is 165 Å². The average Bonchev–Trinajstić information content (AvgIpc) is 3.11. The normalized spacial score (nSPS) is 13.4. The molecule has 2 heterocycles. The van der Waals surface area contributed by atoms with Crippen molar-refractivity contribution in [1.29, 1.82) is 0 Å². The molecule has 3 rings (SSSR count). The van der Waals surface area contributed by atoms with Crippen molar-refractivity contribution in [3.63, 3.8) is 0 Å². The molecule has 1 N–H and O–H groups in total. The van der Waals surface area contributed by atoms with Crippen molar-refractivity contribution in [1.82, 2.24) is 10.3 Å². The minimum Gasteiger partial charge on any atom is -0.455 e. The molecule has 0 saturated carbocycles. The number of hydrogen-bond acceptors (Lipinski definition) is 6. The number of imide groups is 1. The van der Waals surface area contributed by atoms with Crippen LogP contribution in [0.25, 0.3) is 11.3 Å². The summed E-state index contributed by atoms with van der Waals surface area (Å²) in [4.78, 5) is 32.5. The van der Waals surface area contributed by atoms with Crippen molar-refractivity contribution in [2.75, 3.05) is 6.54 Å². The van der Waals surface area contributed by atoms with Crippen LogP contribution < -0.4 is 34.9 Å². The van der Waals surface area contributed by atoms with Gasteiger partial charge in [0.1, 0.15) is 18.1 Å². The van der Waals surface area contributed by atoms with Gasteiger partial charge in [0.05, 0.1) is 11.1 Å². The van der Waals surface area contributed by atoms with Crippen LogP contribution >= 0.6 is 0 Å². The summed E-state index contributed by atoms with van der Waals surface area (Å²) >= 11 is 0. The molecule has 9 nitrogen and oxygen atoms in total. The van der Waals surface area contributed by atoms with Crippen molar-refractivity contribution < 1.29 is 48.5 Å². The molecule has 0 radical (unpaired) electrons. The Bertz CT molecular complexity index is 816. The predicted molar refractivity (Wildman–Crippen MR) is 85.4 cm³/mol. The van der Waals surface area contributed by atoms with Crippen molar-refractivity contribution in [3.8, 4) is 11.3 Å². The number of furan rings is 1. The third-order valence-corrected chi connectivity index (χ3v) is 3.09. The van der Waals surface area contributed by atoms with Gasteiger partial charge in [0.15, 0.2) is 0 Å². The number of amides is 3. The molecule has 2 aromatic rings. The van der Waals surface area contributed by atoms with E-state index in [0.29, 0.717) is 17.1 Å². The van der Waals surface area contributed by atoms with Crippen LogP contribution in [0, 0.1) is 10.1 Å². The Balaban J connectivity index is 0.00000156. The van der Waals surface area contributed by atoms with Gasteiger partial charge >= 0.3 is 35.6 Å². The van der Waals surface area contributed by atoms with Crippen LogP contribution in [-0.2, 0) is 4.79 Å². The fourth-order valence-corrected chi connectivity index (χ4v) is 1.98. The molecule has 0 aliphatic carbocycles. The van der Waals surface area contributed by atoms with Gasteiger partial charge in [0.2, 0.25) is 5.91 Å². The van der Waals surface area contributed by atoms with Gasteiger partial charge < -0.3 is 4.42 Å². The Kier molecular flexibility index (Phi) is 7.04. The molecule has 1 saturated heterocycles. The van der Waals surface area contributed by atoms with Crippen LogP contribution in [-0.4, -0.2) is 34.6 Å². The van der Waals surface area contributed by atoms with Gasteiger partial charge in [-0.3, -0.25) is 20.2 Å².